The van der Waals surface area contributed by atoms with E-state index in [0.29, 0.717) is 17.0 Å². The van der Waals surface area contributed by atoms with Crippen molar-refractivity contribution in [1.29, 1.82) is 0 Å². The summed E-state index contributed by atoms with van der Waals surface area (Å²) in [7, 11) is 1.45. The van der Waals surface area contributed by atoms with Gasteiger partial charge in [-0.25, -0.2) is 0 Å². The predicted octanol–water partition coefficient (Wildman–Crippen LogP) is 2.73. The smallest absolute Gasteiger partial charge is 0.325 e. The van der Waals surface area contributed by atoms with Gasteiger partial charge in [-0.2, -0.15) is 0 Å². The van der Waals surface area contributed by atoms with E-state index in [1.54, 1.807) is 30.3 Å². The summed E-state index contributed by atoms with van der Waals surface area (Å²) in [5.74, 6) is -0.987. The summed E-state index contributed by atoms with van der Waals surface area (Å²) in [6.45, 7) is 3.26. The molecule has 0 fully saturated rings. The fraction of sp³-hybridized carbons (Fsp3) is 0.286. The van der Waals surface area contributed by atoms with Crippen molar-refractivity contribution in [2.45, 2.75) is 19.8 Å². The number of nitrogens with one attached hydrogen (secondary N) is 2. The zero-order valence-electron chi connectivity index (χ0n) is 16.2. The van der Waals surface area contributed by atoms with Crippen molar-refractivity contribution >= 4 is 23.5 Å². The second kappa shape index (κ2) is 10.1. The third-order valence-corrected chi connectivity index (χ3v) is 3.97. The van der Waals surface area contributed by atoms with Crippen LogP contribution in [-0.2, 0) is 14.3 Å². The molecule has 28 heavy (non-hydrogen) atoms. The second-order valence-corrected chi connectivity index (χ2v) is 6.33. The molecule has 0 heterocycles. The van der Waals surface area contributed by atoms with E-state index in [2.05, 4.69) is 10.6 Å². The summed E-state index contributed by atoms with van der Waals surface area (Å²) in [5, 5.41) is 5.18. The lowest BCUT2D eigenvalue weighted by atomic mass is 10.0. The highest BCUT2D eigenvalue weighted by Crippen LogP contribution is 2.23. The molecular formula is C21H24N2O5. The summed E-state index contributed by atoms with van der Waals surface area (Å²) in [6.07, 6.45) is 0. The van der Waals surface area contributed by atoms with Gasteiger partial charge in [0.25, 0.3) is 11.8 Å². The maximum Gasteiger partial charge on any atom is 0.325 e. The average molecular weight is 384 g/mol. The molecule has 7 heteroatoms. The van der Waals surface area contributed by atoms with Gasteiger partial charge in [0.05, 0.1) is 12.7 Å². The number of hydrogen-bond donors (Lipinski definition) is 2. The molecule has 0 aliphatic heterocycles. The maximum atomic E-state index is 12.1. The van der Waals surface area contributed by atoms with Gasteiger partial charge in [0.15, 0.2) is 6.61 Å². The molecule has 0 spiro atoms. The molecule has 0 aliphatic rings. The van der Waals surface area contributed by atoms with Crippen molar-refractivity contribution in [3.05, 3.63) is 59.7 Å². The Morgan fingerprint density at radius 1 is 1.00 bits per heavy atom. The van der Waals surface area contributed by atoms with Crippen LogP contribution < -0.4 is 15.4 Å². The van der Waals surface area contributed by atoms with Crippen LogP contribution in [0.2, 0.25) is 0 Å². The third kappa shape index (κ3) is 5.84. The van der Waals surface area contributed by atoms with Crippen LogP contribution in [0.1, 0.15) is 35.7 Å². The van der Waals surface area contributed by atoms with Crippen molar-refractivity contribution in [3.8, 4) is 5.75 Å². The summed E-state index contributed by atoms with van der Waals surface area (Å²) in [4.78, 5) is 36.0. The van der Waals surface area contributed by atoms with Crippen LogP contribution in [-0.4, -0.2) is 38.0 Å². The van der Waals surface area contributed by atoms with Gasteiger partial charge in [0.1, 0.15) is 12.3 Å². The first-order chi connectivity index (χ1) is 13.4. The first-order valence-electron chi connectivity index (χ1n) is 8.88. The summed E-state index contributed by atoms with van der Waals surface area (Å²) in [5.41, 5.74) is 1.98. The molecule has 0 atom stereocenters. The Balaban J connectivity index is 1.81. The first kappa shape index (κ1) is 21.0. The molecule has 0 saturated heterocycles. The molecule has 2 aromatic carbocycles. The van der Waals surface area contributed by atoms with Gasteiger partial charge in [-0.15, -0.1) is 0 Å². The number of methoxy groups -OCH3 is 1. The fourth-order valence-corrected chi connectivity index (χ4v) is 2.58. The number of carbonyl (C=O) groups excluding carboxylic acids is 3. The molecule has 0 radical (unpaired) electrons. The Hall–Kier alpha value is -3.35. The molecule has 0 aliphatic carbocycles. The van der Waals surface area contributed by atoms with Crippen LogP contribution in [0.5, 0.6) is 5.75 Å². The predicted molar refractivity (Wildman–Crippen MR) is 105 cm³/mol. The molecule has 7 nitrogen and oxygen atoms in total. The van der Waals surface area contributed by atoms with Gasteiger partial charge in [0, 0.05) is 5.69 Å². The second-order valence-electron chi connectivity index (χ2n) is 6.33. The first-order valence-corrected chi connectivity index (χ1v) is 8.88. The molecule has 2 aromatic rings. The minimum atomic E-state index is -0.712. The van der Waals surface area contributed by atoms with Crippen LogP contribution >= 0.6 is 0 Å². The number of carbonyl (C=O) groups is 3. The number of benzene rings is 2. The molecule has 0 saturated carbocycles. The molecule has 0 aromatic heterocycles. The number of para-hydroxylation sites is 2. The Kier molecular flexibility index (Phi) is 7.56. The number of esters is 1. The lowest BCUT2D eigenvalue weighted by Gasteiger charge is -2.13. The van der Waals surface area contributed by atoms with E-state index in [1.165, 1.54) is 7.11 Å². The van der Waals surface area contributed by atoms with E-state index >= 15 is 0 Å². The number of hydrogen-bond acceptors (Lipinski definition) is 5. The Bertz CT molecular complexity index is 848. The lowest BCUT2D eigenvalue weighted by Crippen LogP contribution is -2.32. The molecular weight excluding hydrogens is 360 g/mol. The topological polar surface area (TPSA) is 93.7 Å². The number of rotatable bonds is 8. The summed E-state index contributed by atoms with van der Waals surface area (Å²) in [6, 6.07) is 14.1. The van der Waals surface area contributed by atoms with E-state index in [1.807, 2.05) is 32.0 Å². The number of amides is 2. The largest absolute Gasteiger partial charge is 0.496 e. The van der Waals surface area contributed by atoms with Gasteiger partial charge in [-0.3, -0.25) is 14.4 Å². The summed E-state index contributed by atoms with van der Waals surface area (Å²) >= 11 is 0. The lowest BCUT2D eigenvalue weighted by molar-refractivity contribution is -0.146. The van der Waals surface area contributed by atoms with E-state index in [-0.39, 0.29) is 12.5 Å². The Labute approximate surface area is 164 Å². The fourth-order valence-electron chi connectivity index (χ4n) is 2.58. The molecule has 148 valence electrons. The van der Waals surface area contributed by atoms with Gasteiger partial charge in [-0.1, -0.05) is 44.2 Å². The van der Waals surface area contributed by atoms with Crippen LogP contribution in [0.4, 0.5) is 5.69 Å². The molecule has 0 bridgehead atoms. The van der Waals surface area contributed by atoms with Crippen LogP contribution in [0.25, 0.3) is 0 Å². The monoisotopic (exact) mass is 384 g/mol. The zero-order valence-corrected chi connectivity index (χ0v) is 16.2. The van der Waals surface area contributed by atoms with Crippen molar-refractivity contribution in [1.82, 2.24) is 5.32 Å². The highest BCUT2D eigenvalue weighted by atomic mass is 16.5. The van der Waals surface area contributed by atoms with Crippen molar-refractivity contribution in [2.24, 2.45) is 0 Å². The van der Waals surface area contributed by atoms with Crippen LogP contribution in [0.15, 0.2) is 48.5 Å². The van der Waals surface area contributed by atoms with Crippen molar-refractivity contribution in [2.75, 3.05) is 25.6 Å². The zero-order chi connectivity index (χ0) is 20.5. The highest BCUT2D eigenvalue weighted by molar-refractivity contribution is 5.98. The van der Waals surface area contributed by atoms with E-state index in [4.69, 9.17) is 9.47 Å². The van der Waals surface area contributed by atoms with Gasteiger partial charge in [0.2, 0.25) is 0 Å². The quantitative estimate of drug-likeness (QED) is 0.683. The minimum Gasteiger partial charge on any atom is -0.496 e. The van der Waals surface area contributed by atoms with Gasteiger partial charge in [-0.05, 0) is 29.7 Å². The van der Waals surface area contributed by atoms with Crippen molar-refractivity contribution in [3.63, 3.8) is 0 Å². The average Bonchev–Trinajstić information content (AvgIpc) is 2.70. The SMILES string of the molecule is COc1ccccc1C(=O)NCC(=O)OCC(=O)Nc1ccccc1C(C)C. The standard InChI is InChI=1S/C21H24N2O5/c1-14(2)15-8-4-6-10-17(15)23-19(24)13-28-20(25)12-22-21(26)16-9-5-7-11-18(16)27-3/h4-11,14H,12-13H2,1-3H3,(H,22,26)(H,23,24). The Morgan fingerprint density at radius 2 is 1.68 bits per heavy atom. The number of ether oxygens (including phenoxy) is 2. The van der Waals surface area contributed by atoms with Crippen LogP contribution in [0, 0.1) is 0 Å². The van der Waals surface area contributed by atoms with Crippen LogP contribution in [0.3, 0.4) is 0 Å². The number of anilines is 1. The maximum absolute atomic E-state index is 12.1. The Morgan fingerprint density at radius 3 is 2.39 bits per heavy atom. The van der Waals surface area contributed by atoms with E-state index in [9.17, 15) is 14.4 Å². The highest BCUT2D eigenvalue weighted by Gasteiger charge is 2.15. The summed E-state index contributed by atoms with van der Waals surface area (Å²) < 4.78 is 10.0. The van der Waals surface area contributed by atoms with E-state index < -0.39 is 24.4 Å². The van der Waals surface area contributed by atoms with E-state index in [0.717, 1.165) is 5.56 Å². The van der Waals surface area contributed by atoms with Gasteiger partial charge >= 0.3 is 5.97 Å². The third-order valence-electron chi connectivity index (χ3n) is 3.97. The van der Waals surface area contributed by atoms with Gasteiger partial charge < -0.3 is 20.1 Å². The minimum absolute atomic E-state index is 0.240. The normalized spacial score (nSPS) is 10.3. The molecule has 0 unspecified atom stereocenters. The van der Waals surface area contributed by atoms with Crippen molar-refractivity contribution < 1.29 is 23.9 Å². The molecule has 2 rings (SSSR count). The molecule has 2 N–H and O–H groups in total. The molecule has 2 amide bonds.